The lowest BCUT2D eigenvalue weighted by Crippen LogP contribution is -2.29. The molecule has 0 aliphatic carbocycles. The Hall–Kier alpha value is -4.52. The molecule has 4 aromatic rings. The summed E-state index contributed by atoms with van der Waals surface area (Å²) < 4.78 is 13.3. The number of hydrogen-bond acceptors (Lipinski definition) is 5. The highest BCUT2D eigenvalue weighted by Crippen LogP contribution is 2.45. The average molecular weight is 495 g/mol. The summed E-state index contributed by atoms with van der Waals surface area (Å²) in [5, 5.41) is 12.4. The Balaban J connectivity index is 1.58. The van der Waals surface area contributed by atoms with Crippen LogP contribution in [0.4, 0.5) is 5.69 Å². The normalized spacial score (nSPS) is 18.5. The number of Topliss-reactive ketones (excluding diaryl/α,β-unsaturated/α-hetero) is 1. The van der Waals surface area contributed by atoms with Crippen LogP contribution < -0.4 is 14.4 Å². The Morgan fingerprint density at radius 1 is 0.973 bits per heavy atom. The molecule has 6 rings (SSSR count). The molecule has 1 amide bonds. The standard InChI is InChI=1S/C30H26N2O5/c1-3-18-8-11-20(12-9-18)32-27(22-17-31(2)23-7-5-4-6-21(22)23)26(29(34)30(32)35)28(33)19-10-13-24-25(16-19)37-15-14-36-24/h4-13,16-17,27,33H,3,14-15H2,1-2H3/b28-26+. The summed E-state index contributed by atoms with van der Waals surface area (Å²) in [5.41, 5.74) is 3.86. The van der Waals surface area contributed by atoms with E-state index in [9.17, 15) is 14.7 Å². The van der Waals surface area contributed by atoms with Gasteiger partial charge in [0.15, 0.2) is 11.5 Å². The van der Waals surface area contributed by atoms with Crippen molar-refractivity contribution in [2.24, 2.45) is 7.05 Å². The van der Waals surface area contributed by atoms with Gasteiger partial charge in [-0.25, -0.2) is 0 Å². The third-order valence-electron chi connectivity index (χ3n) is 7.11. The number of aryl methyl sites for hydroxylation is 2. The minimum absolute atomic E-state index is 0.0394. The van der Waals surface area contributed by atoms with Crippen molar-refractivity contribution in [2.45, 2.75) is 19.4 Å². The van der Waals surface area contributed by atoms with E-state index in [1.54, 1.807) is 18.2 Å². The van der Waals surface area contributed by atoms with E-state index in [-0.39, 0.29) is 11.3 Å². The van der Waals surface area contributed by atoms with E-state index in [1.807, 2.05) is 66.3 Å². The second-order valence-corrected chi connectivity index (χ2v) is 9.26. The van der Waals surface area contributed by atoms with E-state index in [0.29, 0.717) is 36.0 Å². The first-order valence-electron chi connectivity index (χ1n) is 12.3. The zero-order chi connectivity index (χ0) is 25.7. The van der Waals surface area contributed by atoms with Crippen LogP contribution in [-0.4, -0.2) is 34.6 Å². The lowest BCUT2D eigenvalue weighted by molar-refractivity contribution is -0.132. The molecule has 3 heterocycles. The number of aliphatic hydroxyl groups excluding tert-OH is 1. The lowest BCUT2D eigenvalue weighted by Gasteiger charge is -2.25. The molecule has 2 aliphatic rings. The van der Waals surface area contributed by atoms with Gasteiger partial charge < -0.3 is 19.1 Å². The van der Waals surface area contributed by atoms with Crippen LogP contribution >= 0.6 is 0 Å². The molecule has 1 saturated heterocycles. The molecule has 1 atom stereocenters. The summed E-state index contributed by atoms with van der Waals surface area (Å²) in [5.74, 6) is -0.599. The Labute approximate surface area is 214 Å². The molecule has 1 aromatic heterocycles. The maximum absolute atomic E-state index is 13.6. The summed E-state index contributed by atoms with van der Waals surface area (Å²) in [6.45, 7) is 2.90. The molecule has 1 N–H and O–H groups in total. The van der Waals surface area contributed by atoms with E-state index in [2.05, 4.69) is 6.92 Å². The topological polar surface area (TPSA) is 81.0 Å². The highest BCUT2D eigenvalue weighted by atomic mass is 16.6. The van der Waals surface area contributed by atoms with Crippen LogP contribution in [0.25, 0.3) is 16.7 Å². The molecule has 7 heteroatoms. The van der Waals surface area contributed by atoms with E-state index < -0.39 is 17.7 Å². The number of carbonyl (C=O) groups is 2. The lowest BCUT2D eigenvalue weighted by atomic mass is 9.94. The number of para-hydroxylation sites is 1. The highest BCUT2D eigenvalue weighted by Gasteiger charge is 2.48. The minimum Gasteiger partial charge on any atom is -0.507 e. The van der Waals surface area contributed by atoms with Crippen molar-refractivity contribution in [3.63, 3.8) is 0 Å². The molecular formula is C30H26N2O5. The molecule has 0 saturated carbocycles. The van der Waals surface area contributed by atoms with Crippen molar-refractivity contribution < 1.29 is 24.2 Å². The van der Waals surface area contributed by atoms with Gasteiger partial charge in [-0.15, -0.1) is 0 Å². The van der Waals surface area contributed by atoms with Gasteiger partial charge in [0.1, 0.15) is 19.0 Å². The van der Waals surface area contributed by atoms with Gasteiger partial charge in [-0.2, -0.15) is 0 Å². The number of anilines is 1. The van der Waals surface area contributed by atoms with Gasteiger partial charge in [0.25, 0.3) is 11.7 Å². The second kappa shape index (κ2) is 8.85. The summed E-state index contributed by atoms with van der Waals surface area (Å²) in [7, 11) is 1.93. The fraction of sp³-hybridized carbons (Fsp3) is 0.200. The van der Waals surface area contributed by atoms with Gasteiger partial charge in [-0.1, -0.05) is 37.3 Å². The average Bonchev–Trinajstić information content (AvgIpc) is 3.41. The minimum atomic E-state index is -0.813. The fourth-order valence-corrected chi connectivity index (χ4v) is 5.22. The van der Waals surface area contributed by atoms with Crippen molar-refractivity contribution in [1.82, 2.24) is 4.57 Å². The van der Waals surface area contributed by atoms with Crippen LogP contribution in [0.15, 0.2) is 78.5 Å². The fourth-order valence-electron chi connectivity index (χ4n) is 5.22. The van der Waals surface area contributed by atoms with Crippen LogP contribution in [0.2, 0.25) is 0 Å². The first-order valence-corrected chi connectivity index (χ1v) is 12.3. The Kier molecular flexibility index (Phi) is 5.48. The second-order valence-electron chi connectivity index (χ2n) is 9.26. The quantitative estimate of drug-likeness (QED) is 0.241. The van der Waals surface area contributed by atoms with Gasteiger partial charge in [0.05, 0.1) is 11.6 Å². The number of ether oxygens (including phenoxy) is 2. The van der Waals surface area contributed by atoms with Crippen LogP contribution in [0.1, 0.15) is 29.7 Å². The SMILES string of the molecule is CCc1ccc(N2C(=O)C(=O)/C(=C(/O)c3ccc4c(c3)OCCO4)C2c2cn(C)c3ccccc23)cc1. The molecule has 0 spiro atoms. The maximum atomic E-state index is 13.6. The third kappa shape index (κ3) is 3.66. The number of amides is 1. The van der Waals surface area contributed by atoms with Crippen molar-refractivity contribution in [3.05, 3.63) is 95.2 Å². The predicted molar refractivity (Wildman–Crippen MR) is 141 cm³/mol. The number of benzene rings is 3. The molecule has 2 aliphatic heterocycles. The number of ketones is 1. The number of carbonyl (C=O) groups excluding carboxylic acids is 2. The van der Waals surface area contributed by atoms with Crippen LogP contribution in [0.5, 0.6) is 11.5 Å². The number of hydrogen-bond donors (Lipinski definition) is 1. The van der Waals surface area contributed by atoms with Gasteiger partial charge >= 0.3 is 0 Å². The predicted octanol–water partition coefficient (Wildman–Crippen LogP) is 5.14. The zero-order valence-corrected chi connectivity index (χ0v) is 20.6. The number of aromatic nitrogens is 1. The molecule has 0 bridgehead atoms. The smallest absolute Gasteiger partial charge is 0.300 e. The van der Waals surface area contributed by atoms with Crippen LogP contribution in [-0.2, 0) is 23.1 Å². The first kappa shape index (κ1) is 22.9. The first-order chi connectivity index (χ1) is 18.0. The molecule has 3 aromatic carbocycles. The van der Waals surface area contributed by atoms with E-state index in [0.717, 1.165) is 28.5 Å². The van der Waals surface area contributed by atoms with Crippen molar-refractivity contribution >= 4 is 34.0 Å². The third-order valence-corrected chi connectivity index (χ3v) is 7.11. The largest absolute Gasteiger partial charge is 0.507 e. The molecule has 37 heavy (non-hydrogen) atoms. The molecule has 1 unspecified atom stereocenters. The van der Waals surface area contributed by atoms with E-state index >= 15 is 0 Å². The van der Waals surface area contributed by atoms with Crippen molar-refractivity contribution in [3.8, 4) is 11.5 Å². The molecular weight excluding hydrogens is 468 g/mol. The molecule has 0 radical (unpaired) electrons. The Morgan fingerprint density at radius 3 is 2.46 bits per heavy atom. The summed E-state index contributed by atoms with van der Waals surface area (Å²) >= 11 is 0. The van der Waals surface area contributed by atoms with Gasteiger partial charge in [-0.05, 0) is 48.4 Å². The van der Waals surface area contributed by atoms with Gasteiger partial charge in [0.2, 0.25) is 0 Å². The molecule has 7 nitrogen and oxygen atoms in total. The monoisotopic (exact) mass is 494 g/mol. The Morgan fingerprint density at radius 2 is 1.70 bits per heavy atom. The van der Waals surface area contributed by atoms with Crippen molar-refractivity contribution in [1.29, 1.82) is 0 Å². The maximum Gasteiger partial charge on any atom is 0.300 e. The molecule has 1 fully saturated rings. The summed E-state index contributed by atoms with van der Waals surface area (Å²) in [6, 6.07) is 19.7. The number of fused-ring (bicyclic) bond motifs is 2. The highest BCUT2D eigenvalue weighted by molar-refractivity contribution is 6.51. The van der Waals surface area contributed by atoms with Crippen molar-refractivity contribution in [2.75, 3.05) is 18.1 Å². The Bertz CT molecular complexity index is 1580. The summed E-state index contributed by atoms with van der Waals surface area (Å²) in [6.07, 6.45) is 2.78. The van der Waals surface area contributed by atoms with Gasteiger partial charge in [-0.3, -0.25) is 14.5 Å². The van der Waals surface area contributed by atoms with Crippen LogP contribution in [0.3, 0.4) is 0 Å². The number of rotatable bonds is 4. The number of nitrogens with zero attached hydrogens (tertiary/aromatic N) is 2. The number of aliphatic hydroxyl groups is 1. The zero-order valence-electron chi connectivity index (χ0n) is 20.6. The van der Waals surface area contributed by atoms with E-state index in [4.69, 9.17) is 9.47 Å². The van der Waals surface area contributed by atoms with E-state index in [1.165, 1.54) is 4.90 Å². The molecule has 186 valence electrons. The summed E-state index contributed by atoms with van der Waals surface area (Å²) in [4.78, 5) is 28.6. The van der Waals surface area contributed by atoms with Gasteiger partial charge in [0, 0.05) is 41.0 Å². The van der Waals surface area contributed by atoms with Crippen LogP contribution in [0, 0.1) is 0 Å².